The number of aromatic nitrogens is 1. The molecular weight excluding hydrogens is 457 g/mol. The number of carbonyl (C=O) groups excluding carboxylic acids is 1. The fourth-order valence-electron chi connectivity index (χ4n) is 3.40. The number of morpholine rings is 1. The number of carbonyl (C=O) groups is 1. The molecule has 0 saturated carbocycles. The summed E-state index contributed by atoms with van der Waals surface area (Å²) in [6.07, 6.45) is 0. The van der Waals surface area contributed by atoms with E-state index in [9.17, 15) is 4.79 Å². The van der Waals surface area contributed by atoms with Crippen LogP contribution in [0.15, 0.2) is 42.5 Å². The Kier molecular flexibility index (Phi) is 7.09. The molecule has 9 heteroatoms. The maximum absolute atomic E-state index is 13.0. The zero-order valence-electron chi connectivity index (χ0n) is 16.9. The second-order valence-electron chi connectivity index (χ2n) is 6.94. The van der Waals surface area contributed by atoms with E-state index in [1.165, 1.54) is 18.4 Å². The molecule has 1 aliphatic rings. The Hall–Kier alpha value is -2.16. The fraction of sp³-hybridized carbons (Fsp3) is 0.273. The lowest BCUT2D eigenvalue weighted by Gasteiger charge is -2.26. The van der Waals surface area contributed by atoms with Gasteiger partial charge in [-0.1, -0.05) is 64.9 Å². The van der Waals surface area contributed by atoms with Gasteiger partial charge in [0.1, 0.15) is 5.56 Å². The highest BCUT2D eigenvalue weighted by Crippen LogP contribution is 2.36. The molecule has 0 bridgehead atoms. The lowest BCUT2D eigenvalue weighted by molar-refractivity contribution is 0.0347. The predicted octanol–water partition coefficient (Wildman–Crippen LogP) is 5.21. The normalized spacial score (nSPS) is 14.4. The summed E-state index contributed by atoms with van der Waals surface area (Å²) in [5.74, 6) is -0.185. The van der Waals surface area contributed by atoms with E-state index in [1.807, 2.05) is 30.3 Å². The third-order valence-corrected chi connectivity index (χ3v) is 6.49. The molecule has 162 valence electrons. The van der Waals surface area contributed by atoms with Crippen molar-refractivity contribution in [2.45, 2.75) is 6.54 Å². The lowest BCUT2D eigenvalue weighted by atomic mass is 10.1. The van der Waals surface area contributed by atoms with Crippen molar-refractivity contribution in [1.29, 1.82) is 0 Å². The molecule has 1 saturated heterocycles. The number of benzene rings is 2. The molecule has 0 unspecified atom stereocenters. The average Bonchev–Trinajstić information content (AvgIpc) is 3.18. The van der Waals surface area contributed by atoms with Crippen molar-refractivity contribution < 1.29 is 14.3 Å². The standard InChI is InChI=1S/C22H21Cl2N3O3S/c1-29-20-16(24)8-7-15(23)18(20)21(28)26-22-25-19(14-5-3-2-4-6-14)17(31-22)13-27-9-11-30-12-10-27/h2-8H,9-13H2,1H3,(H,25,26,28). The van der Waals surface area contributed by atoms with E-state index in [4.69, 9.17) is 37.7 Å². The van der Waals surface area contributed by atoms with Gasteiger partial charge in [0.2, 0.25) is 0 Å². The quantitative estimate of drug-likeness (QED) is 0.527. The lowest BCUT2D eigenvalue weighted by Crippen LogP contribution is -2.35. The van der Waals surface area contributed by atoms with E-state index in [-0.39, 0.29) is 16.3 Å². The van der Waals surface area contributed by atoms with Crippen LogP contribution in [-0.2, 0) is 11.3 Å². The van der Waals surface area contributed by atoms with Crippen LogP contribution < -0.4 is 10.1 Å². The van der Waals surface area contributed by atoms with Crippen molar-refractivity contribution in [3.05, 3.63) is 63.0 Å². The van der Waals surface area contributed by atoms with Crippen molar-refractivity contribution in [3.8, 4) is 17.0 Å². The highest BCUT2D eigenvalue weighted by atomic mass is 35.5. The summed E-state index contributed by atoms with van der Waals surface area (Å²) in [7, 11) is 1.45. The first-order chi connectivity index (χ1) is 15.1. The number of halogens is 2. The summed E-state index contributed by atoms with van der Waals surface area (Å²) in [5, 5.41) is 3.93. The number of anilines is 1. The van der Waals surface area contributed by atoms with Gasteiger partial charge in [0.25, 0.3) is 5.91 Å². The topological polar surface area (TPSA) is 63.7 Å². The van der Waals surface area contributed by atoms with Crippen LogP contribution >= 0.6 is 34.5 Å². The molecule has 0 radical (unpaired) electrons. The molecule has 0 aliphatic carbocycles. The molecule has 6 nitrogen and oxygen atoms in total. The molecule has 1 amide bonds. The Morgan fingerprint density at radius 1 is 1.16 bits per heavy atom. The van der Waals surface area contributed by atoms with Crippen LogP contribution in [-0.4, -0.2) is 49.2 Å². The highest BCUT2D eigenvalue weighted by Gasteiger charge is 2.23. The van der Waals surface area contributed by atoms with Crippen LogP contribution in [0, 0.1) is 0 Å². The Bertz CT molecular complexity index is 1070. The van der Waals surface area contributed by atoms with Gasteiger partial charge in [0.15, 0.2) is 10.9 Å². The van der Waals surface area contributed by atoms with E-state index in [0.717, 1.165) is 49.0 Å². The minimum absolute atomic E-state index is 0.183. The third-order valence-electron chi connectivity index (χ3n) is 4.93. The van der Waals surface area contributed by atoms with Gasteiger partial charge in [-0.2, -0.15) is 0 Å². The summed E-state index contributed by atoms with van der Waals surface area (Å²) in [6.45, 7) is 3.90. The fourth-order valence-corrected chi connectivity index (χ4v) is 4.89. The maximum atomic E-state index is 13.0. The Morgan fingerprint density at radius 3 is 2.58 bits per heavy atom. The van der Waals surface area contributed by atoms with Gasteiger partial charge < -0.3 is 9.47 Å². The molecule has 4 rings (SSSR count). The smallest absolute Gasteiger partial charge is 0.262 e. The maximum Gasteiger partial charge on any atom is 0.262 e. The molecule has 31 heavy (non-hydrogen) atoms. The molecule has 1 N–H and O–H groups in total. The number of methoxy groups -OCH3 is 1. The van der Waals surface area contributed by atoms with Crippen LogP contribution in [0.25, 0.3) is 11.3 Å². The zero-order valence-corrected chi connectivity index (χ0v) is 19.2. The van der Waals surface area contributed by atoms with E-state index in [2.05, 4.69) is 10.2 Å². The Labute approximate surface area is 194 Å². The number of nitrogens with zero attached hydrogens (tertiary/aromatic N) is 2. The molecule has 2 aromatic carbocycles. The summed E-state index contributed by atoms with van der Waals surface area (Å²) in [6, 6.07) is 13.1. The molecule has 1 aliphatic heterocycles. The van der Waals surface area contributed by atoms with Crippen LogP contribution in [0.1, 0.15) is 15.2 Å². The minimum Gasteiger partial charge on any atom is -0.494 e. The van der Waals surface area contributed by atoms with Gasteiger partial charge >= 0.3 is 0 Å². The van der Waals surface area contributed by atoms with Gasteiger partial charge in [0, 0.05) is 30.1 Å². The van der Waals surface area contributed by atoms with E-state index in [0.29, 0.717) is 10.2 Å². The zero-order chi connectivity index (χ0) is 21.8. The van der Waals surface area contributed by atoms with Crippen molar-refractivity contribution >= 4 is 45.6 Å². The SMILES string of the molecule is COc1c(Cl)ccc(Cl)c1C(=O)Nc1nc(-c2ccccc2)c(CN2CCOCC2)s1. The first kappa shape index (κ1) is 22.0. The van der Waals surface area contributed by atoms with E-state index < -0.39 is 5.91 Å². The van der Waals surface area contributed by atoms with E-state index >= 15 is 0 Å². The van der Waals surface area contributed by atoms with Crippen LogP contribution in [0.4, 0.5) is 5.13 Å². The monoisotopic (exact) mass is 477 g/mol. The van der Waals surface area contributed by atoms with Gasteiger partial charge in [-0.3, -0.25) is 15.0 Å². The van der Waals surface area contributed by atoms with Gasteiger partial charge in [-0.25, -0.2) is 4.98 Å². The Balaban J connectivity index is 1.65. The number of thiazole rings is 1. The molecule has 1 fully saturated rings. The number of hydrogen-bond acceptors (Lipinski definition) is 6. The van der Waals surface area contributed by atoms with Gasteiger partial charge in [0.05, 0.1) is 36.1 Å². The Morgan fingerprint density at radius 2 is 1.87 bits per heavy atom. The third kappa shape index (κ3) is 5.02. The van der Waals surface area contributed by atoms with Crippen molar-refractivity contribution in [3.63, 3.8) is 0 Å². The molecule has 2 heterocycles. The number of ether oxygens (including phenoxy) is 2. The molecule has 0 atom stereocenters. The number of amides is 1. The molecule has 1 aromatic heterocycles. The van der Waals surface area contributed by atoms with Crippen molar-refractivity contribution in [1.82, 2.24) is 9.88 Å². The van der Waals surface area contributed by atoms with Gasteiger partial charge in [-0.15, -0.1) is 0 Å². The second-order valence-corrected chi connectivity index (χ2v) is 8.83. The highest BCUT2D eigenvalue weighted by molar-refractivity contribution is 7.16. The summed E-state index contributed by atoms with van der Waals surface area (Å²) in [5.41, 5.74) is 2.04. The first-order valence-corrected chi connectivity index (χ1v) is 11.3. The summed E-state index contributed by atoms with van der Waals surface area (Å²) >= 11 is 13.9. The van der Waals surface area contributed by atoms with Crippen LogP contribution in [0.3, 0.4) is 0 Å². The van der Waals surface area contributed by atoms with Crippen LogP contribution in [0.5, 0.6) is 5.75 Å². The number of hydrogen-bond donors (Lipinski definition) is 1. The second kappa shape index (κ2) is 9.97. The van der Waals surface area contributed by atoms with Gasteiger partial charge in [-0.05, 0) is 12.1 Å². The summed E-state index contributed by atoms with van der Waals surface area (Å²) in [4.78, 5) is 21.2. The molecule has 3 aromatic rings. The van der Waals surface area contributed by atoms with Crippen molar-refractivity contribution in [2.75, 3.05) is 38.7 Å². The van der Waals surface area contributed by atoms with E-state index in [1.54, 1.807) is 12.1 Å². The van der Waals surface area contributed by atoms with Crippen molar-refractivity contribution in [2.24, 2.45) is 0 Å². The minimum atomic E-state index is -0.421. The summed E-state index contributed by atoms with van der Waals surface area (Å²) < 4.78 is 10.8. The average molecular weight is 478 g/mol. The number of rotatable bonds is 6. The van der Waals surface area contributed by atoms with Crippen LogP contribution in [0.2, 0.25) is 10.0 Å². The first-order valence-electron chi connectivity index (χ1n) is 9.75. The predicted molar refractivity (Wildman–Crippen MR) is 125 cm³/mol. The number of nitrogens with one attached hydrogen (secondary N) is 1. The molecular formula is C22H21Cl2N3O3S. The molecule has 0 spiro atoms. The largest absolute Gasteiger partial charge is 0.494 e.